The second-order valence-corrected chi connectivity index (χ2v) is 6.39. The van der Waals surface area contributed by atoms with Crippen LogP contribution in [0.1, 0.15) is 6.92 Å². The number of carbonyl (C=O) groups is 2. The van der Waals surface area contributed by atoms with Crippen molar-refractivity contribution in [1.82, 2.24) is 0 Å². The van der Waals surface area contributed by atoms with Crippen molar-refractivity contribution >= 4 is 46.7 Å². The third-order valence-corrected chi connectivity index (χ3v) is 5.47. The standard InChI is InChI=1S/C9H10Cl2O4S/c1-2-15-7(13)4-3-5(12)9(10,11)6(3)16-8(4)14/h3-4,6,8,14H,2H2,1H3/t3-,4-,6-,8+/m0/s1. The molecule has 2 aliphatic rings. The van der Waals surface area contributed by atoms with Crippen molar-refractivity contribution in [1.29, 1.82) is 0 Å². The number of rotatable bonds is 2. The first kappa shape index (κ1) is 12.5. The molecule has 0 aromatic carbocycles. The number of ether oxygens (including phenoxy) is 1. The first-order chi connectivity index (χ1) is 7.41. The van der Waals surface area contributed by atoms with Gasteiger partial charge in [-0.15, -0.1) is 11.8 Å². The van der Waals surface area contributed by atoms with Gasteiger partial charge in [-0.2, -0.15) is 0 Å². The third-order valence-electron chi connectivity index (χ3n) is 2.85. The quantitative estimate of drug-likeness (QED) is 0.605. The van der Waals surface area contributed by atoms with E-state index in [1.165, 1.54) is 0 Å². The molecule has 4 nitrogen and oxygen atoms in total. The van der Waals surface area contributed by atoms with Gasteiger partial charge >= 0.3 is 5.97 Å². The molecule has 1 aliphatic carbocycles. The van der Waals surface area contributed by atoms with E-state index in [0.717, 1.165) is 11.8 Å². The summed E-state index contributed by atoms with van der Waals surface area (Å²) in [6, 6.07) is 0. The Morgan fingerprint density at radius 1 is 1.62 bits per heavy atom. The number of thioether (sulfide) groups is 1. The fourth-order valence-electron chi connectivity index (χ4n) is 2.06. The van der Waals surface area contributed by atoms with Crippen LogP contribution in [-0.2, 0) is 14.3 Å². The van der Waals surface area contributed by atoms with Crippen molar-refractivity contribution in [2.24, 2.45) is 11.8 Å². The zero-order valence-electron chi connectivity index (χ0n) is 8.35. The zero-order chi connectivity index (χ0) is 12.1. The van der Waals surface area contributed by atoms with E-state index < -0.39 is 38.6 Å². The van der Waals surface area contributed by atoms with Crippen molar-refractivity contribution in [2.45, 2.75) is 21.9 Å². The van der Waals surface area contributed by atoms with Gasteiger partial charge in [0.05, 0.1) is 17.8 Å². The van der Waals surface area contributed by atoms with E-state index in [1.807, 2.05) is 0 Å². The topological polar surface area (TPSA) is 63.6 Å². The summed E-state index contributed by atoms with van der Waals surface area (Å²) in [7, 11) is 0. The van der Waals surface area contributed by atoms with Gasteiger partial charge < -0.3 is 9.84 Å². The molecule has 7 heteroatoms. The van der Waals surface area contributed by atoms with Crippen molar-refractivity contribution in [3.63, 3.8) is 0 Å². The van der Waals surface area contributed by atoms with Crippen molar-refractivity contribution < 1.29 is 19.4 Å². The number of Topliss-reactive ketones (excluding diaryl/α,β-unsaturated/α-hetero) is 1. The molecule has 2 rings (SSSR count). The van der Waals surface area contributed by atoms with Crippen LogP contribution < -0.4 is 0 Å². The van der Waals surface area contributed by atoms with Gasteiger partial charge in [-0.1, -0.05) is 23.2 Å². The molecule has 1 saturated carbocycles. The van der Waals surface area contributed by atoms with Crippen molar-refractivity contribution in [3.8, 4) is 0 Å². The van der Waals surface area contributed by atoms with Gasteiger partial charge in [0.25, 0.3) is 0 Å². The Morgan fingerprint density at radius 3 is 2.81 bits per heavy atom. The monoisotopic (exact) mass is 284 g/mol. The lowest BCUT2D eigenvalue weighted by Gasteiger charge is -2.41. The van der Waals surface area contributed by atoms with Gasteiger partial charge in [-0.05, 0) is 6.92 Å². The minimum atomic E-state index is -1.47. The van der Waals surface area contributed by atoms with E-state index in [-0.39, 0.29) is 6.61 Å². The molecule has 0 aromatic heterocycles. The number of carbonyl (C=O) groups excluding carboxylic acids is 2. The smallest absolute Gasteiger partial charge is 0.313 e. The fraction of sp³-hybridized carbons (Fsp3) is 0.778. The van der Waals surface area contributed by atoms with Crippen LogP contribution in [0.3, 0.4) is 0 Å². The Kier molecular flexibility index (Phi) is 3.16. The van der Waals surface area contributed by atoms with E-state index >= 15 is 0 Å². The van der Waals surface area contributed by atoms with Crippen LogP contribution in [0.5, 0.6) is 0 Å². The average molecular weight is 285 g/mol. The predicted octanol–water partition coefficient (Wildman–Crippen LogP) is 0.972. The molecule has 0 unspecified atom stereocenters. The summed E-state index contributed by atoms with van der Waals surface area (Å²) in [5.41, 5.74) is -0.975. The molecule has 16 heavy (non-hydrogen) atoms. The van der Waals surface area contributed by atoms with Crippen LogP contribution in [0.25, 0.3) is 0 Å². The van der Waals surface area contributed by atoms with Crippen molar-refractivity contribution in [3.05, 3.63) is 0 Å². The number of ketones is 1. The number of esters is 1. The lowest BCUT2D eigenvalue weighted by molar-refractivity contribution is -0.156. The Hall–Kier alpha value is 0.0300. The number of alkyl halides is 2. The molecule has 0 spiro atoms. The van der Waals surface area contributed by atoms with Crippen LogP contribution in [0.2, 0.25) is 0 Å². The minimum absolute atomic E-state index is 0.213. The molecule has 2 fully saturated rings. The maximum absolute atomic E-state index is 11.6. The summed E-state index contributed by atoms with van der Waals surface area (Å²) in [5.74, 6) is -2.42. The van der Waals surface area contributed by atoms with Crippen LogP contribution in [0.15, 0.2) is 0 Å². The summed E-state index contributed by atoms with van der Waals surface area (Å²) in [6.45, 7) is 1.88. The molecule has 1 aliphatic heterocycles. The fourth-order valence-corrected chi connectivity index (χ4v) is 4.40. The molecular weight excluding hydrogens is 275 g/mol. The highest BCUT2D eigenvalue weighted by Crippen LogP contribution is 2.60. The van der Waals surface area contributed by atoms with Crippen LogP contribution in [0.4, 0.5) is 0 Å². The maximum atomic E-state index is 11.6. The molecule has 1 heterocycles. The Bertz CT molecular complexity index is 346. The lowest BCUT2D eigenvalue weighted by Crippen LogP contribution is -2.59. The van der Waals surface area contributed by atoms with Gasteiger partial charge in [-0.25, -0.2) is 0 Å². The minimum Gasteiger partial charge on any atom is -0.466 e. The van der Waals surface area contributed by atoms with E-state index in [2.05, 4.69) is 0 Å². The first-order valence-electron chi connectivity index (χ1n) is 4.83. The number of aliphatic hydroxyl groups excluding tert-OH is 1. The molecule has 4 atom stereocenters. The van der Waals surface area contributed by atoms with E-state index in [4.69, 9.17) is 27.9 Å². The predicted molar refractivity (Wildman–Crippen MR) is 60.4 cm³/mol. The number of hydrogen-bond donors (Lipinski definition) is 1. The normalized spacial score (nSPS) is 40.1. The van der Waals surface area contributed by atoms with E-state index in [1.54, 1.807) is 6.92 Å². The summed E-state index contributed by atoms with van der Waals surface area (Å²) < 4.78 is 3.34. The number of fused-ring (bicyclic) bond motifs is 1. The second-order valence-electron chi connectivity index (χ2n) is 3.74. The molecular formula is C9H10Cl2O4S. The SMILES string of the molecule is CCOC(=O)[C@@H]1[C@H]2C(=O)C(Cl)(Cl)[C@H]2S[C@H]1O. The van der Waals surface area contributed by atoms with Gasteiger partial charge in [0.2, 0.25) is 0 Å². The second kappa shape index (κ2) is 4.05. The van der Waals surface area contributed by atoms with Gasteiger partial charge in [0.15, 0.2) is 10.1 Å². The van der Waals surface area contributed by atoms with Crippen molar-refractivity contribution in [2.75, 3.05) is 6.61 Å². The maximum Gasteiger partial charge on any atom is 0.313 e. The molecule has 0 bridgehead atoms. The highest BCUT2D eigenvalue weighted by atomic mass is 35.5. The van der Waals surface area contributed by atoms with E-state index in [9.17, 15) is 14.7 Å². The lowest BCUT2D eigenvalue weighted by atomic mass is 9.74. The van der Waals surface area contributed by atoms with Gasteiger partial charge in [-0.3, -0.25) is 9.59 Å². The highest BCUT2D eigenvalue weighted by Gasteiger charge is 2.70. The molecule has 1 N–H and O–H groups in total. The summed E-state index contributed by atoms with van der Waals surface area (Å²) >= 11 is 12.7. The molecule has 1 saturated heterocycles. The van der Waals surface area contributed by atoms with Gasteiger partial charge in [0.1, 0.15) is 11.4 Å². The zero-order valence-corrected chi connectivity index (χ0v) is 10.7. The Balaban J connectivity index is 2.18. The Morgan fingerprint density at radius 2 is 2.25 bits per heavy atom. The summed E-state index contributed by atoms with van der Waals surface area (Å²) in [6.07, 6.45) is 0. The largest absolute Gasteiger partial charge is 0.466 e. The number of aliphatic hydroxyl groups is 1. The van der Waals surface area contributed by atoms with Crippen LogP contribution in [-0.4, -0.2) is 38.5 Å². The highest BCUT2D eigenvalue weighted by molar-refractivity contribution is 8.01. The summed E-state index contributed by atoms with van der Waals surface area (Å²) in [4.78, 5) is 23.2. The first-order valence-corrected chi connectivity index (χ1v) is 6.53. The molecule has 0 aromatic rings. The van der Waals surface area contributed by atoms with Crippen LogP contribution >= 0.6 is 35.0 Å². The van der Waals surface area contributed by atoms with Crippen LogP contribution in [0, 0.1) is 11.8 Å². The van der Waals surface area contributed by atoms with E-state index in [0.29, 0.717) is 0 Å². The van der Waals surface area contributed by atoms with Gasteiger partial charge in [0, 0.05) is 0 Å². The summed E-state index contributed by atoms with van der Waals surface area (Å²) in [5, 5.41) is 9.29. The number of halogens is 2. The molecule has 0 amide bonds. The Labute approximate surface area is 107 Å². The third kappa shape index (κ3) is 1.56. The molecule has 90 valence electrons. The average Bonchev–Trinajstić information content (AvgIpc) is 2.54. The molecule has 0 radical (unpaired) electrons. The number of hydrogen-bond acceptors (Lipinski definition) is 5.